The van der Waals surface area contributed by atoms with E-state index in [0.717, 1.165) is 30.5 Å². The molecule has 1 aliphatic rings. The van der Waals surface area contributed by atoms with Crippen LogP contribution in [0, 0.1) is 0 Å². The van der Waals surface area contributed by atoms with E-state index in [-0.39, 0.29) is 5.56 Å². The van der Waals surface area contributed by atoms with Crippen molar-refractivity contribution in [3.63, 3.8) is 0 Å². The average molecular weight is 511 g/mol. The highest BCUT2D eigenvalue weighted by Crippen LogP contribution is 2.20. The molecule has 1 aliphatic heterocycles. The summed E-state index contributed by atoms with van der Waals surface area (Å²) >= 11 is 5.77. The first kappa shape index (κ1) is 25.6. The van der Waals surface area contributed by atoms with Crippen LogP contribution in [-0.2, 0) is 16.0 Å². The first-order valence-electron chi connectivity index (χ1n) is 11.7. The van der Waals surface area contributed by atoms with Crippen molar-refractivity contribution >= 4 is 39.9 Å². The molecule has 2 N–H and O–H groups in total. The smallest absolute Gasteiger partial charge is 0.339 e. The van der Waals surface area contributed by atoms with Crippen LogP contribution in [0.2, 0.25) is 0 Å². The number of nitrogens with zero attached hydrogens (tertiary/aromatic N) is 2. The van der Waals surface area contributed by atoms with Crippen LogP contribution in [0.1, 0.15) is 15.9 Å². The third-order valence-electron chi connectivity index (χ3n) is 6.14. The fourth-order valence-electron chi connectivity index (χ4n) is 4.09. The predicted molar refractivity (Wildman–Crippen MR) is 143 cm³/mol. The summed E-state index contributed by atoms with van der Waals surface area (Å²) in [5.74, 6) is 0.252. The summed E-state index contributed by atoms with van der Waals surface area (Å²) in [5, 5.41) is 4.46. The van der Waals surface area contributed by atoms with Crippen LogP contribution in [0.25, 0.3) is 10.9 Å². The van der Waals surface area contributed by atoms with Crippen LogP contribution in [0.3, 0.4) is 0 Å². The minimum absolute atomic E-state index is 0.179. The van der Waals surface area contributed by atoms with E-state index in [9.17, 15) is 9.59 Å². The van der Waals surface area contributed by atoms with Crippen molar-refractivity contribution in [1.82, 2.24) is 14.8 Å². The molecule has 1 saturated heterocycles. The van der Waals surface area contributed by atoms with E-state index in [1.165, 1.54) is 7.11 Å². The van der Waals surface area contributed by atoms with Crippen LogP contribution in [0.5, 0.6) is 5.75 Å². The molecule has 3 aromatic rings. The summed E-state index contributed by atoms with van der Waals surface area (Å²) < 4.78 is 15.7. The van der Waals surface area contributed by atoms with Gasteiger partial charge in [0, 0.05) is 42.6 Å². The molecule has 0 spiro atoms. The molecule has 1 aromatic heterocycles. The molecule has 0 radical (unpaired) electrons. The number of hydrogen-bond donors (Lipinski definition) is 2. The maximum atomic E-state index is 12.9. The summed E-state index contributed by atoms with van der Waals surface area (Å²) in [5.41, 5.74) is 2.05. The van der Waals surface area contributed by atoms with Gasteiger partial charge in [0.05, 0.1) is 45.2 Å². The van der Waals surface area contributed by atoms with Gasteiger partial charge in [0.15, 0.2) is 5.11 Å². The van der Waals surface area contributed by atoms with Crippen LogP contribution >= 0.6 is 12.2 Å². The Kier molecular flexibility index (Phi) is 8.52. The molecule has 2 aromatic carbocycles. The van der Waals surface area contributed by atoms with Gasteiger partial charge in [-0.3, -0.25) is 9.69 Å². The van der Waals surface area contributed by atoms with E-state index < -0.39 is 5.97 Å². The molecule has 36 heavy (non-hydrogen) atoms. The molecule has 9 nitrogen and oxygen atoms in total. The zero-order chi connectivity index (χ0) is 25.5. The minimum Gasteiger partial charge on any atom is -0.497 e. The highest BCUT2D eigenvalue weighted by atomic mass is 32.1. The first-order chi connectivity index (χ1) is 17.5. The van der Waals surface area contributed by atoms with Crippen molar-refractivity contribution in [2.24, 2.45) is 0 Å². The third-order valence-corrected chi connectivity index (χ3v) is 6.50. The second-order valence-electron chi connectivity index (χ2n) is 8.42. The van der Waals surface area contributed by atoms with E-state index in [1.54, 1.807) is 25.3 Å². The molecule has 10 heteroatoms. The Balaban J connectivity index is 1.60. The zero-order valence-electron chi connectivity index (χ0n) is 20.4. The molecular weight excluding hydrogens is 480 g/mol. The Morgan fingerprint density at radius 1 is 1.17 bits per heavy atom. The lowest BCUT2D eigenvalue weighted by Gasteiger charge is -2.31. The Labute approximate surface area is 214 Å². The molecule has 0 aliphatic carbocycles. The number of aromatic amines is 1. The van der Waals surface area contributed by atoms with Gasteiger partial charge in [-0.05, 0) is 48.6 Å². The van der Waals surface area contributed by atoms with Crippen LogP contribution in [-0.4, -0.2) is 79.5 Å². The fraction of sp³-hybridized carbons (Fsp3) is 0.346. The topological polar surface area (TPSA) is 96.1 Å². The average Bonchev–Trinajstić information content (AvgIpc) is 2.91. The molecular formula is C26H30N4O5S. The Bertz CT molecular complexity index is 1290. The Morgan fingerprint density at radius 2 is 1.94 bits per heavy atom. The van der Waals surface area contributed by atoms with Gasteiger partial charge < -0.3 is 29.4 Å². The van der Waals surface area contributed by atoms with E-state index in [1.807, 2.05) is 35.2 Å². The molecule has 1 fully saturated rings. The number of methoxy groups -OCH3 is 2. The van der Waals surface area contributed by atoms with E-state index in [4.69, 9.17) is 26.4 Å². The maximum Gasteiger partial charge on any atom is 0.339 e. The van der Waals surface area contributed by atoms with Gasteiger partial charge >= 0.3 is 5.97 Å². The highest BCUT2D eigenvalue weighted by Gasteiger charge is 2.19. The number of anilines is 1. The number of ether oxygens (including phenoxy) is 3. The number of para-hydroxylation sites is 1. The lowest BCUT2D eigenvalue weighted by atomic mass is 10.1. The lowest BCUT2D eigenvalue weighted by Crippen LogP contribution is -2.44. The highest BCUT2D eigenvalue weighted by molar-refractivity contribution is 7.80. The van der Waals surface area contributed by atoms with Crippen LogP contribution < -0.4 is 15.6 Å². The fourth-order valence-corrected chi connectivity index (χ4v) is 4.36. The second-order valence-corrected chi connectivity index (χ2v) is 8.81. The summed E-state index contributed by atoms with van der Waals surface area (Å²) in [6.07, 6.45) is 0. The normalized spacial score (nSPS) is 13.8. The molecule has 0 amide bonds. The van der Waals surface area contributed by atoms with Gasteiger partial charge in [-0.25, -0.2) is 4.79 Å². The van der Waals surface area contributed by atoms with Crippen molar-refractivity contribution in [3.05, 3.63) is 70.0 Å². The van der Waals surface area contributed by atoms with Gasteiger partial charge in [-0.2, -0.15) is 0 Å². The van der Waals surface area contributed by atoms with Gasteiger partial charge in [0.1, 0.15) is 5.75 Å². The van der Waals surface area contributed by atoms with Crippen LogP contribution in [0.15, 0.2) is 53.3 Å². The first-order valence-corrected chi connectivity index (χ1v) is 12.1. The van der Waals surface area contributed by atoms with Crippen LogP contribution in [0.4, 0.5) is 5.69 Å². The number of thiocarbonyl (C=S) groups is 1. The standard InChI is InChI=1S/C26H30N4O5S/c1-33-20-7-8-22-18(16-20)15-19(24(31)27-22)17-30(10-9-29-11-13-35-14-12-29)26(36)28-23-6-4-3-5-21(23)25(32)34-2/h3-8,15-16H,9-14,17H2,1-2H3,(H,27,31)(H,28,36). The third kappa shape index (κ3) is 6.20. The number of fused-ring (bicyclic) bond motifs is 1. The van der Waals surface area contributed by atoms with Gasteiger partial charge in [-0.1, -0.05) is 12.1 Å². The van der Waals surface area contributed by atoms with Crippen molar-refractivity contribution in [1.29, 1.82) is 0 Å². The number of hydrogen-bond acceptors (Lipinski definition) is 7. The number of morpholine rings is 1. The molecule has 190 valence electrons. The minimum atomic E-state index is -0.458. The van der Waals surface area contributed by atoms with Crippen molar-refractivity contribution in [2.75, 3.05) is 58.9 Å². The molecule has 2 heterocycles. The zero-order valence-corrected chi connectivity index (χ0v) is 21.2. The molecule has 0 unspecified atom stereocenters. The van der Waals surface area contributed by atoms with Crippen molar-refractivity contribution < 1.29 is 19.0 Å². The summed E-state index contributed by atoms with van der Waals surface area (Å²) in [7, 11) is 2.95. The quantitative estimate of drug-likeness (QED) is 0.350. The van der Waals surface area contributed by atoms with Gasteiger partial charge in [0.25, 0.3) is 5.56 Å². The molecule has 0 saturated carbocycles. The summed E-state index contributed by atoms with van der Waals surface area (Å²) in [6.45, 7) is 4.71. The SMILES string of the molecule is COC(=O)c1ccccc1NC(=S)N(CCN1CCOCC1)Cc1cc2cc(OC)ccc2[nH]c1=O. The molecule has 0 atom stereocenters. The molecule has 4 rings (SSSR count). The van der Waals surface area contributed by atoms with E-state index in [2.05, 4.69) is 15.2 Å². The summed E-state index contributed by atoms with van der Waals surface area (Å²) in [6, 6.07) is 14.4. The largest absolute Gasteiger partial charge is 0.497 e. The lowest BCUT2D eigenvalue weighted by molar-refractivity contribution is 0.0358. The van der Waals surface area contributed by atoms with Gasteiger partial charge in [-0.15, -0.1) is 0 Å². The number of carbonyl (C=O) groups excluding carboxylic acids is 1. The Hall–Kier alpha value is -3.47. The van der Waals surface area contributed by atoms with E-state index >= 15 is 0 Å². The summed E-state index contributed by atoms with van der Waals surface area (Å²) in [4.78, 5) is 32.4. The second kappa shape index (κ2) is 12.0. The number of carbonyl (C=O) groups is 1. The number of pyridine rings is 1. The molecule has 0 bridgehead atoms. The number of rotatable bonds is 8. The maximum absolute atomic E-state index is 12.9. The predicted octanol–water partition coefficient (Wildman–Crippen LogP) is 2.85. The monoisotopic (exact) mass is 510 g/mol. The number of nitrogens with one attached hydrogen (secondary N) is 2. The Morgan fingerprint density at radius 3 is 2.69 bits per heavy atom. The van der Waals surface area contributed by atoms with Gasteiger partial charge in [0.2, 0.25) is 0 Å². The van der Waals surface area contributed by atoms with E-state index in [0.29, 0.717) is 54.0 Å². The number of esters is 1. The number of aromatic nitrogens is 1. The number of benzene rings is 2. The van der Waals surface area contributed by atoms with Crippen molar-refractivity contribution in [2.45, 2.75) is 6.54 Å². The van der Waals surface area contributed by atoms with Crippen molar-refractivity contribution in [3.8, 4) is 5.75 Å². The number of H-pyrrole nitrogens is 1.